The lowest BCUT2D eigenvalue weighted by molar-refractivity contribution is -0.108. The van der Waals surface area contributed by atoms with Gasteiger partial charge in [0.15, 0.2) is 0 Å². The fourth-order valence-electron chi connectivity index (χ4n) is 2.12. The molecule has 0 aliphatic carbocycles. The van der Waals surface area contributed by atoms with Crippen LogP contribution in [0.1, 0.15) is 25.3 Å². The number of aromatic nitrogens is 1. The maximum absolute atomic E-state index is 10.6. The zero-order valence-electron chi connectivity index (χ0n) is 9.65. The molecule has 0 radical (unpaired) electrons. The predicted molar refractivity (Wildman–Crippen MR) is 66.6 cm³/mol. The second-order valence-corrected chi connectivity index (χ2v) is 4.09. The van der Waals surface area contributed by atoms with Crippen molar-refractivity contribution in [2.75, 3.05) is 0 Å². The zero-order chi connectivity index (χ0) is 11.4. The smallest absolute Gasteiger partial charge is 0.139 e. The fourth-order valence-corrected chi connectivity index (χ4v) is 2.12. The molecule has 84 valence electrons. The minimum absolute atomic E-state index is 0.451. The van der Waals surface area contributed by atoms with Crippen molar-refractivity contribution in [1.29, 1.82) is 0 Å². The molecule has 2 rings (SSSR count). The quantitative estimate of drug-likeness (QED) is 0.702. The van der Waals surface area contributed by atoms with Gasteiger partial charge in [-0.1, -0.05) is 31.5 Å². The lowest BCUT2D eigenvalue weighted by atomic mass is 10.1. The van der Waals surface area contributed by atoms with Crippen molar-refractivity contribution in [3.05, 3.63) is 36.0 Å². The molecule has 0 unspecified atom stereocenters. The number of carbonyl (C=O) groups excluding carboxylic acids is 1. The first-order chi connectivity index (χ1) is 7.86. The molecule has 0 amide bonds. The van der Waals surface area contributed by atoms with E-state index in [0.29, 0.717) is 6.54 Å². The Morgan fingerprint density at radius 3 is 2.88 bits per heavy atom. The Hall–Kier alpha value is -1.57. The molecule has 0 N–H and O–H groups in total. The van der Waals surface area contributed by atoms with Crippen molar-refractivity contribution in [3.8, 4) is 0 Å². The fraction of sp³-hybridized carbons (Fsp3) is 0.357. The molecule has 1 aromatic heterocycles. The average molecular weight is 215 g/mol. The van der Waals surface area contributed by atoms with E-state index in [9.17, 15) is 4.79 Å². The monoisotopic (exact) mass is 215 g/mol. The maximum Gasteiger partial charge on any atom is 0.139 e. The Morgan fingerprint density at radius 1 is 1.31 bits per heavy atom. The summed E-state index contributed by atoms with van der Waals surface area (Å²) in [6.45, 7) is 2.65. The van der Waals surface area contributed by atoms with E-state index in [4.69, 9.17) is 0 Å². The van der Waals surface area contributed by atoms with Gasteiger partial charge >= 0.3 is 0 Å². The number of unbranched alkanes of at least 4 members (excludes halogenated alkanes) is 1. The molecule has 1 heterocycles. The molecule has 1 aromatic carbocycles. The zero-order valence-corrected chi connectivity index (χ0v) is 9.65. The summed E-state index contributed by atoms with van der Waals surface area (Å²) in [4.78, 5) is 10.6. The van der Waals surface area contributed by atoms with Crippen LogP contribution in [0.5, 0.6) is 0 Å². The normalized spacial score (nSPS) is 10.8. The number of carbonyl (C=O) groups is 1. The first-order valence-electron chi connectivity index (χ1n) is 5.87. The third-order valence-electron chi connectivity index (χ3n) is 2.94. The molecule has 16 heavy (non-hydrogen) atoms. The molecule has 0 spiro atoms. The van der Waals surface area contributed by atoms with Gasteiger partial charge in [0.1, 0.15) is 6.29 Å². The van der Waals surface area contributed by atoms with Crippen molar-refractivity contribution in [2.24, 2.45) is 0 Å². The number of aryl methyl sites for hydroxylation is 1. The summed E-state index contributed by atoms with van der Waals surface area (Å²) in [7, 11) is 0. The summed E-state index contributed by atoms with van der Waals surface area (Å²) in [5.74, 6) is 0. The molecule has 2 nitrogen and oxygen atoms in total. The number of hydrogen-bond acceptors (Lipinski definition) is 1. The summed E-state index contributed by atoms with van der Waals surface area (Å²) in [6, 6.07) is 8.30. The van der Waals surface area contributed by atoms with Crippen LogP contribution >= 0.6 is 0 Å². The number of benzene rings is 1. The van der Waals surface area contributed by atoms with Crippen LogP contribution in [-0.2, 0) is 17.8 Å². The van der Waals surface area contributed by atoms with Gasteiger partial charge in [-0.3, -0.25) is 0 Å². The highest BCUT2D eigenvalue weighted by Gasteiger charge is 2.06. The van der Waals surface area contributed by atoms with Gasteiger partial charge in [0, 0.05) is 17.1 Å². The van der Waals surface area contributed by atoms with Gasteiger partial charge in [-0.2, -0.15) is 0 Å². The molecule has 0 bridgehead atoms. The van der Waals surface area contributed by atoms with E-state index in [-0.39, 0.29) is 0 Å². The van der Waals surface area contributed by atoms with Crippen molar-refractivity contribution in [2.45, 2.75) is 32.7 Å². The SMILES string of the molecule is CCCCc1cn(CC=O)c2ccccc12. The number of hydrogen-bond donors (Lipinski definition) is 0. The van der Waals surface area contributed by atoms with Crippen LogP contribution in [0.2, 0.25) is 0 Å². The van der Waals surface area contributed by atoms with E-state index in [1.807, 2.05) is 10.6 Å². The number of fused-ring (bicyclic) bond motifs is 1. The lowest BCUT2D eigenvalue weighted by Crippen LogP contribution is -1.95. The Balaban J connectivity index is 2.44. The summed E-state index contributed by atoms with van der Waals surface area (Å²) in [6.07, 6.45) is 6.58. The van der Waals surface area contributed by atoms with Gasteiger partial charge in [-0.05, 0) is 24.5 Å². The van der Waals surface area contributed by atoms with Crippen molar-refractivity contribution in [1.82, 2.24) is 4.57 Å². The Morgan fingerprint density at radius 2 is 2.12 bits per heavy atom. The predicted octanol–water partition coefficient (Wildman–Crippen LogP) is 3.18. The number of para-hydroxylation sites is 1. The third-order valence-corrected chi connectivity index (χ3v) is 2.94. The van der Waals surface area contributed by atoms with Crippen LogP contribution in [0.25, 0.3) is 10.9 Å². The van der Waals surface area contributed by atoms with E-state index in [2.05, 4.69) is 31.3 Å². The van der Waals surface area contributed by atoms with Gasteiger partial charge in [0.25, 0.3) is 0 Å². The third kappa shape index (κ3) is 2.01. The highest BCUT2D eigenvalue weighted by molar-refractivity contribution is 5.84. The van der Waals surface area contributed by atoms with E-state index in [0.717, 1.165) is 12.7 Å². The molecule has 0 fully saturated rings. The number of rotatable bonds is 5. The minimum atomic E-state index is 0.451. The molecular formula is C14H17NO. The van der Waals surface area contributed by atoms with E-state index >= 15 is 0 Å². The van der Waals surface area contributed by atoms with E-state index in [1.165, 1.54) is 29.3 Å². The van der Waals surface area contributed by atoms with Crippen molar-refractivity contribution >= 4 is 17.2 Å². The standard InChI is InChI=1S/C14H17NO/c1-2-3-6-12-11-15(9-10-16)14-8-5-4-7-13(12)14/h4-5,7-8,10-11H,2-3,6,9H2,1H3. The Kier molecular flexibility index (Phi) is 3.40. The maximum atomic E-state index is 10.6. The van der Waals surface area contributed by atoms with Crippen molar-refractivity contribution in [3.63, 3.8) is 0 Å². The molecule has 0 saturated heterocycles. The van der Waals surface area contributed by atoms with Crippen LogP contribution in [0.4, 0.5) is 0 Å². The number of aldehydes is 1. The molecule has 0 aliphatic rings. The summed E-state index contributed by atoms with van der Waals surface area (Å²) >= 11 is 0. The molecular weight excluding hydrogens is 198 g/mol. The summed E-state index contributed by atoms with van der Waals surface area (Å²) < 4.78 is 2.04. The topological polar surface area (TPSA) is 22.0 Å². The van der Waals surface area contributed by atoms with Gasteiger partial charge in [0.05, 0.1) is 6.54 Å². The largest absolute Gasteiger partial charge is 0.340 e. The lowest BCUT2D eigenvalue weighted by Gasteiger charge is -1.97. The van der Waals surface area contributed by atoms with E-state index < -0.39 is 0 Å². The van der Waals surface area contributed by atoms with Gasteiger partial charge in [-0.15, -0.1) is 0 Å². The van der Waals surface area contributed by atoms with E-state index in [1.54, 1.807) is 0 Å². The first kappa shape index (κ1) is 10.9. The average Bonchev–Trinajstić information content (AvgIpc) is 2.66. The molecule has 2 heteroatoms. The van der Waals surface area contributed by atoms with Gasteiger partial charge in [-0.25, -0.2) is 0 Å². The highest BCUT2D eigenvalue weighted by Crippen LogP contribution is 2.22. The second-order valence-electron chi connectivity index (χ2n) is 4.09. The summed E-state index contributed by atoms with van der Waals surface area (Å²) in [5.41, 5.74) is 2.53. The van der Waals surface area contributed by atoms with Crippen LogP contribution in [0, 0.1) is 0 Å². The van der Waals surface area contributed by atoms with Crippen molar-refractivity contribution < 1.29 is 4.79 Å². The van der Waals surface area contributed by atoms with Crippen LogP contribution in [-0.4, -0.2) is 10.9 Å². The van der Waals surface area contributed by atoms with Gasteiger partial charge in [0.2, 0.25) is 0 Å². The van der Waals surface area contributed by atoms with Gasteiger partial charge < -0.3 is 9.36 Å². The second kappa shape index (κ2) is 4.97. The Labute approximate surface area is 95.9 Å². The molecule has 0 atom stereocenters. The first-order valence-corrected chi connectivity index (χ1v) is 5.87. The minimum Gasteiger partial charge on any atom is -0.340 e. The molecule has 2 aromatic rings. The highest BCUT2D eigenvalue weighted by atomic mass is 16.1. The summed E-state index contributed by atoms with van der Waals surface area (Å²) in [5, 5.41) is 1.29. The van der Waals surface area contributed by atoms with Crippen LogP contribution in [0.3, 0.4) is 0 Å². The number of nitrogens with zero attached hydrogens (tertiary/aromatic N) is 1. The van der Waals surface area contributed by atoms with Crippen LogP contribution in [0.15, 0.2) is 30.5 Å². The molecule has 0 aliphatic heterocycles. The van der Waals surface area contributed by atoms with Crippen LogP contribution < -0.4 is 0 Å². The Bertz CT molecular complexity index is 484. The molecule has 0 saturated carbocycles.